The minimum atomic E-state index is -0.809. The first-order valence-corrected chi connectivity index (χ1v) is 6.44. The largest absolute Gasteiger partial charge is 0.450 e. The zero-order chi connectivity index (χ0) is 15.0. The molecule has 0 saturated carbocycles. The number of hydrogen-bond acceptors (Lipinski definition) is 3. The number of nitrogens with zero attached hydrogens (tertiary/aromatic N) is 1. The average Bonchev–Trinajstić information content (AvgIpc) is 2.85. The maximum absolute atomic E-state index is 13.9. The molecule has 0 aliphatic rings. The van der Waals surface area contributed by atoms with E-state index in [0.717, 1.165) is 12.1 Å². The number of fused-ring (bicyclic) bond motifs is 1. The third-order valence-electron chi connectivity index (χ3n) is 2.99. The van der Waals surface area contributed by atoms with Crippen molar-refractivity contribution in [1.82, 2.24) is 9.97 Å². The monoisotopic (exact) mass is 309 g/mol. The lowest BCUT2D eigenvalue weighted by Gasteiger charge is -2.10. The summed E-state index contributed by atoms with van der Waals surface area (Å²) < 4.78 is 33.3. The Hall–Kier alpha value is -2.34. The molecular weight excluding hydrogens is 300 g/mol. The maximum Gasteiger partial charge on any atom is 0.198 e. The van der Waals surface area contributed by atoms with Gasteiger partial charge in [0.05, 0.1) is 10.4 Å². The van der Waals surface area contributed by atoms with E-state index in [9.17, 15) is 8.78 Å². The van der Waals surface area contributed by atoms with Gasteiger partial charge in [-0.1, -0.05) is 11.6 Å². The molecule has 7 heteroatoms. The molecule has 2 N–H and O–H groups in total. The molecule has 1 aromatic carbocycles. The quantitative estimate of drug-likeness (QED) is 0.757. The molecule has 0 bridgehead atoms. The summed E-state index contributed by atoms with van der Waals surface area (Å²) in [5.74, 6) is -1.88. The zero-order valence-electron chi connectivity index (χ0n) is 10.9. The highest BCUT2D eigenvalue weighted by atomic mass is 35.5. The summed E-state index contributed by atoms with van der Waals surface area (Å²) in [5, 5.41) is 3.49. The van der Waals surface area contributed by atoms with E-state index in [4.69, 9.17) is 16.3 Å². The Labute approximate surface area is 123 Å². The fraction of sp³-hybridized carbons (Fsp3) is 0.0714. The number of hydrogen-bond donors (Lipinski definition) is 2. The summed E-state index contributed by atoms with van der Waals surface area (Å²) in [4.78, 5) is 6.90. The van der Waals surface area contributed by atoms with Crippen LogP contribution in [0.5, 0.6) is 11.5 Å². The first-order valence-electron chi connectivity index (χ1n) is 6.06. The average molecular weight is 310 g/mol. The SMILES string of the molecule is CNc1cc(F)c(Oc2ccnc3[nH]cc(Cl)c23)c(F)c1. The second-order valence-corrected chi connectivity index (χ2v) is 4.70. The van der Waals surface area contributed by atoms with Gasteiger partial charge in [0, 0.05) is 37.3 Å². The molecule has 21 heavy (non-hydrogen) atoms. The smallest absolute Gasteiger partial charge is 0.198 e. The number of rotatable bonds is 3. The fourth-order valence-electron chi connectivity index (χ4n) is 1.98. The molecule has 3 aromatic rings. The van der Waals surface area contributed by atoms with E-state index in [0.29, 0.717) is 21.7 Å². The summed E-state index contributed by atoms with van der Waals surface area (Å²) in [7, 11) is 1.57. The predicted octanol–water partition coefficient (Wildman–Crippen LogP) is 4.33. The minimum Gasteiger partial charge on any atom is -0.450 e. The van der Waals surface area contributed by atoms with Crippen molar-refractivity contribution in [2.75, 3.05) is 12.4 Å². The Morgan fingerprint density at radius 3 is 2.67 bits per heavy atom. The third-order valence-corrected chi connectivity index (χ3v) is 3.28. The maximum atomic E-state index is 13.9. The molecule has 0 atom stereocenters. The van der Waals surface area contributed by atoms with E-state index in [1.165, 1.54) is 18.5 Å². The first kappa shape index (κ1) is 13.6. The molecule has 2 heterocycles. The lowest BCUT2D eigenvalue weighted by molar-refractivity contribution is 0.411. The fourth-order valence-corrected chi connectivity index (χ4v) is 2.22. The van der Waals surface area contributed by atoms with Crippen LogP contribution in [0.15, 0.2) is 30.6 Å². The van der Waals surface area contributed by atoms with E-state index in [1.54, 1.807) is 7.05 Å². The van der Waals surface area contributed by atoms with Gasteiger partial charge >= 0.3 is 0 Å². The molecule has 0 saturated heterocycles. The Kier molecular flexibility index (Phi) is 3.39. The number of H-pyrrole nitrogens is 1. The van der Waals surface area contributed by atoms with Gasteiger partial charge in [-0.15, -0.1) is 0 Å². The van der Waals surface area contributed by atoms with Crippen LogP contribution in [0.3, 0.4) is 0 Å². The summed E-state index contributed by atoms with van der Waals surface area (Å²) in [5.41, 5.74) is 0.794. The van der Waals surface area contributed by atoms with E-state index < -0.39 is 17.4 Å². The van der Waals surface area contributed by atoms with Crippen molar-refractivity contribution in [2.45, 2.75) is 0 Å². The normalized spacial score (nSPS) is 10.9. The molecule has 0 aliphatic heterocycles. The van der Waals surface area contributed by atoms with Gasteiger partial charge in [0.1, 0.15) is 11.4 Å². The van der Waals surface area contributed by atoms with E-state index >= 15 is 0 Å². The van der Waals surface area contributed by atoms with Gasteiger partial charge in [-0.05, 0) is 6.07 Å². The molecule has 2 aromatic heterocycles. The van der Waals surface area contributed by atoms with Gasteiger partial charge < -0.3 is 15.0 Å². The van der Waals surface area contributed by atoms with Crippen LogP contribution in [0.4, 0.5) is 14.5 Å². The molecule has 0 unspecified atom stereocenters. The highest BCUT2D eigenvalue weighted by Gasteiger charge is 2.16. The highest BCUT2D eigenvalue weighted by Crippen LogP contribution is 2.36. The van der Waals surface area contributed by atoms with Crippen LogP contribution in [0.25, 0.3) is 11.0 Å². The summed E-state index contributed by atoms with van der Waals surface area (Å²) in [6, 6.07) is 3.79. The Balaban J connectivity index is 2.09. The molecular formula is C14H10ClF2N3O. The van der Waals surface area contributed by atoms with Gasteiger partial charge in [0.15, 0.2) is 17.4 Å². The van der Waals surface area contributed by atoms with Crippen LogP contribution in [-0.2, 0) is 0 Å². The van der Waals surface area contributed by atoms with Gasteiger partial charge in [0.25, 0.3) is 0 Å². The van der Waals surface area contributed by atoms with Crippen LogP contribution in [0.1, 0.15) is 0 Å². The van der Waals surface area contributed by atoms with E-state index in [1.807, 2.05) is 0 Å². The van der Waals surface area contributed by atoms with Crippen LogP contribution in [0.2, 0.25) is 5.02 Å². The van der Waals surface area contributed by atoms with Crippen molar-refractivity contribution < 1.29 is 13.5 Å². The molecule has 4 nitrogen and oxygen atoms in total. The number of anilines is 1. The minimum absolute atomic E-state index is 0.223. The van der Waals surface area contributed by atoms with E-state index in [-0.39, 0.29) is 5.75 Å². The molecule has 0 radical (unpaired) electrons. The number of halogens is 3. The number of benzene rings is 1. The van der Waals surface area contributed by atoms with Crippen LogP contribution in [0, 0.1) is 11.6 Å². The number of aromatic nitrogens is 2. The number of ether oxygens (including phenoxy) is 1. The van der Waals surface area contributed by atoms with Crippen molar-refractivity contribution in [1.29, 1.82) is 0 Å². The third kappa shape index (κ3) is 2.38. The summed E-state index contributed by atoms with van der Waals surface area (Å²) in [6.45, 7) is 0. The van der Waals surface area contributed by atoms with Crippen LogP contribution in [-0.4, -0.2) is 17.0 Å². The number of aromatic amines is 1. The Morgan fingerprint density at radius 1 is 1.29 bits per heavy atom. The van der Waals surface area contributed by atoms with Crippen LogP contribution >= 0.6 is 11.6 Å². The van der Waals surface area contributed by atoms with Gasteiger partial charge in [-0.2, -0.15) is 0 Å². The second-order valence-electron chi connectivity index (χ2n) is 4.29. The van der Waals surface area contributed by atoms with Crippen molar-refractivity contribution in [3.05, 3.63) is 47.2 Å². The van der Waals surface area contributed by atoms with Crippen molar-refractivity contribution >= 4 is 28.3 Å². The second kappa shape index (κ2) is 5.21. The first-order chi connectivity index (χ1) is 10.1. The summed E-state index contributed by atoms with van der Waals surface area (Å²) >= 11 is 6.02. The van der Waals surface area contributed by atoms with Gasteiger partial charge in [-0.25, -0.2) is 13.8 Å². The lowest BCUT2D eigenvalue weighted by Crippen LogP contribution is -1.97. The topological polar surface area (TPSA) is 49.9 Å². The Morgan fingerprint density at radius 2 is 2.00 bits per heavy atom. The standard InChI is InChI=1S/C14H10ClF2N3O/c1-18-7-4-9(16)13(10(17)5-7)21-11-2-3-19-14-12(11)8(15)6-20-14/h2-6,18H,1H3,(H,19,20). The van der Waals surface area contributed by atoms with Crippen molar-refractivity contribution in [3.8, 4) is 11.5 Å². The van der Waals surface area contributed by atoms with Gasteiger partial charge in [0.2, 0.25) is 0 Å². The molecule has 0 aliphatic carbocycles. The highest BCUT2D eigenvalue weighted by molar-refractivity contribution is 6.36. The van der Waals surface area contributed by atoms with E-state index in [2.05, 4.69) is 15.3 Å². The molecule has 0 fully saturated rings. The zero-order valence-corrected chi connectivity index (χ0v) is 11.6. The Bertz CT molecular complexity index is 796. The molecule has 3 rings (SSSR count). The summed E-state index contributed by atoms with van der Waals surface area (Å²) in [6.07, 6.45) is 2.99. The predicted molar refractivity (Wildman–Crippen MR) is 77.1 cm³/mol. The van der Waals surface area contributed by atoms with Crippen molar-refractivity contribution in [2.24, 2.45) is 0 Å². The van der Waals surface area contributed by atoms with Gasteiger partial charge in [-0.3, -0.25) is 0 Å². The van der Waals surface area contributed by atoms with Crippen molar-refractivity contribution in [3.63, 3.8) is 0 Å². The molecule has 0 amide bonds. The molecule has 108 valence electrons. The number of nitrogens with one attached hydrogen (secondary N) is 2. The number of pyridine rings is 1. The van der Waals surface area contributed by atoms with Crippen LogP contribution < -0.4 is 10.1 Å². The molecule has 0 spiro atoms. The lowest BCUT2D eigenvalue weighted by atomic mass is 10.2.